The van der Waals surface area contributed by atoms with Crippen molar-refractivity contribution in [2.45, 2.75) is 6.92 Å². The molecule has 0 saturated heterocycles. The van der Waals surface area contributed by atoms with Crippen molar-refractivity contribution >= 4 is 28.8 Å². The maximum absolute atomic E-state index is 5.69. The summed E-state index contributed by atoms with van der Waals surface area (Å²) >= 11 is 0. The van der Waals surface area contributed by atoms with E-state index in [2.05, 4.69) is 20.6 Å². The fraction of sp³-hybridized carbons (Fsp3) is 0.0588. The molecule has 0 radical (unpaired) electrons. The summed E-state index contributed by atoms with van der Waals surface area (Å²) in [6.07, 6.45) is 0. The van der Waals surface area contributed by atoms with Gasteiger partial charge in [-0.1, -0.05) is 18.2 Å². The van der Waals surface area contributed by atoms with Crippen LogP contribution in [0.25, 0.3) is 0 Å². The molecule has 110 valence electrons. The fourth-order valence-corrected chi connectivity index (χ4v) is 2.05. The van der Waals surface area contributed by atoms with Crippen molar-refractivity contribution in [3.05, 3.63) is 66.4 Å². The van der Waals surface area contributed by atoms with Gasteiger partial charge < -0.3 is 16.4 Å². The Labute approximate surface area is 129 Å². The van der Waals surface area contributed by atoms with Gasteiger partial charge in [0.05, 0.1) is 0 Å². The number of hydrogen-bond donors (Lipinski definition) is 3. The highest BCUT2D eigenvalue weighted by molar-refractivity contribution is 5.61. The molecule has 2 aromatic carbocycles. The molecule has 0 aliphatic carbocycles. The molecule has 0 amide bonds. The smallest absolute Gasteiger partial charge is 0.229 e. The van der Waals surface area contributed by atoms with Crippen LogP contribution in [0.2, 0.25) is 0 Å². The lowest BCUT2D eigenvalue weighted by molar-refractivity contribution is 1.11. The number of nitrogens with two attached hydrogens (primary N) is 1. The van der Waals surface area contributed by atoms with Crippen molar-refractivity contribution in [1.82, 2.24) is 9.97 Å². The van der Waals surface area contributed by atoms with Crippen LogP contribution in [0.4, 0.5) is 28.8 Å². The summed E-state index contributed by atoms with van der Waals surface area (Å²) in [6.45, 7) is 1.94. The lowest BCUT2D eigenvalue weighted by atomic mass is 10.3. The van der Waals surface area contributed by atoms with Gasteiger partial charge in [0.2, 0.25) is 5.95 Å². The molecule has 0 aliphatic rings. The first-order chi connectivity index (χ1) is 10.7. The van der Waals surface area contributed by atoms with Crippen molar-refractivity contribution in [1.29, 1.82) is 0 Å². The largest absolute Gasteiger partial charge is 0.399 e. The number of aryl methyl sites for hydroxylation is 1. The summed E-state index contributed by atoms with van der Waals surface area (Å²) in [5, 5.41) is 6.45. The van der Waals surface area contributed by atoms with Crippen LogP contribution in [-0.4, -0.2) is 9.97 Å². The lowest BCUT2D eigenvalue weighted by Crippen LogP contribution is -2.02. The van der Waals surface area contributed by atoms with Gasteiger partial charge in [0, 0.05) is 28.8 Å². The summed E-state index contributed by atoms with van der Waals surface area (Å²) < 4.78 is 0. The quantitative estimate of drug-likeness (QED) is 0.636. The van der Waals surface area contributed by atoms with Crippen LogP contribution in [0.15, 0.2) is 60.7 Å². The minimum Gasteiger partial charge on any atom is -0.399 e. The average Bonchev–Trinajstić information content (AvgIpc) is 2.50. The van der Waals surface area contributed by atoms with Gasteiger partial charge in [0.1, 0.15) is 5.82 Å². The Morgan fingerprint density at radius 2 is 1.50 bits per heavy atom. The summed E-state index contributed by atoms with van der Waals surface area (Å²) in [5.41, 5.74) is 9.17. The molecular formula is C17H17N5. The van der Waals surface area contributed by atoms with Crippen LogP contribution in [0, 0.1) is 6.92 Å². The molecule has 22 heavy (non-hydrogen) atoms. The number of nitrogen functional groups attached to an aromatic ring is 1. The van der Waals surface area contributed by atoms with E-state index < -0.39 is 0 Å². The Hall–Kier alpha value is -3.08. The first-order valence-corrected chi connectivity index (χ1v) is 6.99. The van der Waals surface area contributed by atoms with E-state index in [1.54, 1.807) is 0 Å². The maximum atomic E-state index is 5.69. The molecule has 3 aromatic rings. The fourth-order valence-electron chi connectivity index (χ4n) is 2.05. The van der Waals surface area contributed by atoms with Gasteiger partial charge in [-0.2, -0.15) is 4.98 Å². The number of para-hydroxylation sites is 1. The monoisotopic (exact) mass is 291 g/mol. The second-order valence-corrected chi connectivity index (χ2v) is 4.96. The summed E-state index contributed by atoms with van der Waals surface area (Å²) in [5.74, 6) is 1.29. The predicted octanol–water partition coefficient (Wildman–Crippen LogP) is 3.85. The highest BCUT2D eigenvalue weighted by Gasteiger charge is 2.03. The number of nitrogens with zero attached hydrogens (tertiary/aromatic N) is 2. The summed E-state index contributed by atoms with van der Waals surface area (Å²) in [7, 11) is 0. The van der Waals surface area contributed by atoms with Crippen LogP contribution in [0.3, 0.4) is 0 Å². The highest BCUT2D eigenvalue weighted by atomic mass is 15.1. The first-order valence-electron chi connectivity index (χ1n) is 6.99. The van der Waals surface area contributed by atoms with Crippen molar-refractivity contribution < 1.29 is 0 Å². The molecule has 1 heterocycles. The van der Waals surface area contributed by atoms with Gasteiger partial charge in [-0.25, -0.2) is 4.98 Å². The Balaban J connectivity index is 1.82. The zero-order valence-electron chi connectivity index (χ0n) is 12.2. The number of anilines is 5. The standard InChI is InChI=1S/C17H17N5/c1-12-11-16(20-14-5-3-2-4-6-14)22-17(19-12)21-15-9-7-13(18)8-10-15/h2-11H,18H2,1H3,(H2,19,20,21,22). The normalized spacial score (nSPS) is 10.2. The Morgan fingerprint density at radius 1 is 0.818 bits per heavy atom. The van der Waals surface area contributed by atoms with Crippen LogP contribution >= 0.6 is 0 Å². The number of hydrogen-bond acceptors (Lipinski definition) is 5. The molecule has 1 aromatic heterocycles. The van der Waals surface area contributed by atoms with E-state index in [0.717, 1.165) is 28.6 Å². The van der Waals surface area contributed by atoms with Crippen LogP contribution < -0.4 is 16.4 Å². The third kappa shape index (κ3) is 3.52. The third-order valence-corrected chi connectivity index (χ3v) is 3.07. The SMILES string of the molecule is Cc1cc(Nc2ccccc2)nc(Nc2ccc(N)cc2)n1. The minimum atomic E-state index is 0.545. The van der Waals surface area contributed by atoms with Gasteiger partial charge in [0.25, 0.3) is 0 Å². The molecule has 0 atom stereocenters. The molecular weight excluding hydrogens is 274 g/mol. The predicted molar refractivity (Wildman–Crippen MR) is 90.6 cm³/mol. The summed E-state index contributed by atoms with van der Waals surface area (Å²) in [4.78, 5) is 8.88. The molecule has 4 N–H and O–H groups in total. The topological polar surface area (TPSA) is 75.9 Å². The molecule has 0 spiro atoms. The van der Waals surface area contributed by atoms with Crippen molar-refractivity contribution in [2.75, 3.05) is 16.4 Å². The second-order valence-electron chi connectivity index (χ2n) is 4.96. The number of aromatic nitrogens is 2. The molecule has 0 saturated carbocycles. The van der Waals surface area contributed by atoms with Crippen molar-refractivity contribution in [3.8, 4) is 0 Å². The van der Waals surface area contributed by atoms with Gasteiger partial charge in [-0.3, -0.25) is 0 Å². The van der Waals surface area contributed by atoms with Gasteiger partial charge in [-0.05, 0) is 43.3 Å². The average molecular weight is 291 g/mol. The third-order valence-electron chi connectivity index (χ3n) is 3.07. The van der Waals surface area contributed by atoms with E-state index in [1.165, 1.54) is 0 Å². The molecule has 0 fully saturated rings. The van der Waals surface area contributed by atoms with E-state index in [-0.39, 0.29) is 0 Å². The van der Waals surface area contributed by atoms with Crippen LogP contribution in [-0.2, 0) is 0 Å². The highest BCUT2D eigenvalue weighted by Crippen LogP contribution is 2.19. The number of nitrogens with one attached hydrogen (secondary N) is 2. The molecule has 5 heteroatoms. The van der Waals surface area contributed by atoms with Crippen LogP contribution in [0.1, 0.15) is 5.69 Å². The van der Waals surface area contributed by atoms with E-state index in [9.17, 15) is 0 Å². The Kier molecular flexibility index (Phi) is 3.87. The molecule has 3 rings (SSSR count). The summed E-state index contributed by atoms with van der Waals surface area (Å²) in [6, 6.07) is 19.3. The maximum Gasteiger partial charge on any atom is 0.229 e. The zero-order chi connectivity index (χ0) is 15.4. The number of benzene rings is 2. The zero-order valence-corrected chi connectivity index (χ0v) is 12.2. The van der Waals surface area contributed by atoms with E-state index in [1.807, 2.05) is 67.6 Å². The number of rotatable bonds is 4. The van der Waals surface area contributed by atoms with Crippen molar-refractivity contribution in [2.24, 2.45) is 0 Å². The van der Waals surface area contributed by atoms with Gasteiger partial charge >= 0.3 is 0 Å². The molecule has 5 nitrogen and oxygen atoms in total. The van der Waals surface area contributed by atoms with E-state index in [4.69, 9.17) is 5.73 Å². The lowest BCUT2D eigenvalue weighted by Gasteiger charge is -2.10. The molecule has 0 unspecified atom stereocenters. The molecule has 0 bridgehead atoms. The van der Waals surface area contributed by atoms with E-state index >= 15 is 0 Å². The second kappa shape index (κ2) is 6.13. The van der Waals surface area contributed by atoms with Crippen molar-refractivity contribution in [3.63, 3.8) is 0 Å². The van der Waals surface area contributed by atoms with Gasteiger partial charge in [-0.15, -0.1) is 0 Å². The molecule has 0 aliphatic heterocycles. The Morgan fingerprint density at radius 3 is 2.23 bits per heavy atom. The van der Waals surface area contributed by atoms with Crippen LogP contribution in [0.5, 0.6) is 0 Å². The Bertz CT molecular complexity index is 754. The van der Waals surface area contributed by atoms with E-state index in [0.29, 0.717) is 5.95 Å². The van der Waals surface area contributed by atoms with Gasteiger partial charge in [0.15, 0.2) is 0 Å². The minimum absolute atomic E-state index is 0.545. The first kappa shape index (κ1) is 13.9.